The van der Waals surface area contributed by atoms with Crippen molar-refractivity contribution in [2.75, 3.05) is 13.7 Å². The molecular weight excluding hydrogens is 369 g/mol. The molecule has 3 N–H and O–H groups in total. The molecule has 0 aromatic heterocycles. The van der Waals surface area contributed by atoms with Gasteiger partial charge in [0.15, 0.2) is 17.5 Å². The number of methoxy groups -OCH3 is 1. The SMILES string of the molecule is CCOc1cc(CN=C(N)NC2CC2)ccc1OC.I. The summed E-state index contributed by atoms with van der Waals surface area (Å²) in [6.45, 7) is 3.09. The average molecular weight is 391 g/mol. The van der Waals surface area contributed by atoms with Crippen molar-refractivity contribution in [3.8, 4) is 11.5 Å². The summed E-state index contributed by atoms with van der Waals surface area (Å²) in [6.07, 6.45) is 2.38. The first-order chi connectivity index (χ1) is 9.22. The van der Waals surface area contributed by atoms with Gasteiger partial charge in [-0.3, -0.25) is 0 Å². The molecule has 1 saturated carbocycles. The number of guanidine groups is 1. The molecule has 112 valence electrons. The summed E-state index contributed by atoms with van der Waals surface area (Å²) >= 11 is 0. The Hall–Kier alpha value is -1.18. The Labute approximate surface area is 137 Å². The summed E-state index contributed by atoms with van der Waals surface area (Å²) in [5, 5.41) is 3.16. The molecule has 6 heteroatoms. The molecule has 1 aliphatic carbocycles. The third-order valence-corrected chi connectivity index (χ3v) is 2.89. The molecule has 1 aromatic carbocycles. The van der Waals surface area contributed by atoms with E-state index in [1.807, 2.05) is 25.1 Å². The zero-order chi connectivity index (χ0) is 13.7. The van der Waals surface area contributed by atoms with Crippen LogP contribution in [0.4, 0.5) is 0 Å². The number of hydrogen-bond donors (Lipinski definition) is 2. The lowest BCUT2D eigenvalue weighted by molar-refractivity contribution is 0.310. The molecular formula is C14H22IN3O2. The highest BCUT2D eigenvalue weighted by molar-refractivity contribution is 14.0. The van der Waals surface area contributed by atoms with Crippen LogP contribution >= 0.6 is 24.0 Å². The highest BCUT2D eigenvalue weighted by Gasteiger charge is 2.21. The minimum Gasteiger partial charge on any atom is -0.493 e. The summed E-state index contributed by atoms with van der Waals surface area (Å²) in [7, 11) is 1.63. The lowest BCUT2D eigenvalue weighted by Crippen LogP contribution is -2.33. The van der Waals surface area contributed by atoms with Crippen LogP contribution in [0.5, 0.6) is 11.5 Å². The first-order valence-electron chi connectivity index (χ1n) is 6.59. The molecule has 2 rings (SSSR count). The Morgan fingerprint density at radius 1 is 1.40 bits per heavy atom. The monoisotopic (exact) mass is 391 g/mol. The van der Waals surface area contributed by atoms with E-state index in [9.17, 15) is 0 Å². The van der Waals surface area contributed by atoms with Crippen LogP contribution in [-0.2, 0) is 6.54 Å². The number of nitrogens with zero attached hydrogens (tertiary/aromatic N) is 1. The van der Waals surface area contributed by atoms with Crippen molar-refractivity contribution in [3.63, 3.8) is 0 Å². The maximum atomic E-state index is 5.80. The Morgan fingerprint density at radius 2 is 2.15 bits per heavy atom. The molecule has 0 unspecified atom stereocenters. The van der Waals surface area contributed by atoms with Crippen LogP contribution in [0.25, 0.3) is 0 Å². The molecule has 1 aliphatic rings. The highest BCUT2D eigenvalue weighted by Crippen LogP contribution is 2.28. The average Bonchev–Trinajstić information content (AvgIpc) is 3.21. The van der Waals surface area contributed by atoms with Crippen molar-refractivity contribution in [2.24, 2.45) is 10.7 Å². The maximum Gasteiger partial charge on any atom is 0.189 e. The fraction of sp³-hybridized carbons (Fsp3) is 0.500. The molecule has 5 nitrogen and oxygen atoms in total. The highest BCUT2D eigenvalue weighted by atomic mass is 127. The van der Waals surface area contributed by atoms with Crippen molar-refractivity contribution < 1.29 is 9.47 Å². The van der Waals surface area contributed by atoms with Gasteiger partial charge in [-0.15, -0.1) is 24.0 Å². The van der Waals surface area contributed by atoms with E-state index in [0.29, 0.717) is 25.2 Å². The van der Waals surface area contributed by atoms with Crippen molar-refractivity contribution in [2.45, 2.75) is 32.4 Å². The zero-order valence-corrected chi connectivity index (χ0v) is 14.2. The van der Waals surface area contributed by atoms with E-state index in [-0.39, 0.29) is 24.0 Å². The zero-order valence-electron chi connectivity index (χ0n) is 11.9. The number of nitrogens with one attached hydrogen (secondary N) is 1. The maximum absolute atomic E-state index is 5.80. The van der Waals surface area contributed by atoms with E-state index < -0.39 is 0 Å². The van der Waals surface area contributed by atoms with Gasteiger partial charge in [-0.1, -0.05) is 6.07 Å². The van der Waals surface area contributed by atoms with Crippen LogP contribution in [0.2, 0.25) is 0 Å². The second-order valence-corrected chi connectivity index (χ2v) is 4.54. The standard InChI is InChI=1S/C14H21N3O2.HI/c1-3-19-13-8-10(4-7-12(13)18-2)9-16-14(15)17-11-5-6-11;/h4,7-8,11H,3,5-6,9H2,1-2H3,(H3,15,16,17);1H. The van der Waals surface area contributed by atoms with Gasteiger partial charge in [0.05, 0.1) is 20.3 Å². The van der Waals surface area contributed by atoms with Gasteiger partial charge < -0.3 is 20.5 Å². The van der Waals surface area contributed by atoms with Crippen LogP contribution in [0.1, 0.15) is 25.3 Å². The Balaban J connectivity index is 0.00000200. The van der Waals surface area contributed by atoms with Gasteiger partial charge in [-0.05, 0) is 37.5 Å². The smallest absolute Gasteiger partial charge is 0.189 e. The largest absolute Gasteiger partial charge is 0.493 e. The van der Waals surface area contributed by atoms with Crippen molar-refractivity contribution >= 4 is 29.9 Å². The summed E-state index contributed by atoms with van der Waals surface area (Å²) in [6, 6.07) is 6.32. The van der Waals surface area contributed by atoms with Crippen LogP contribution in [-0.4, -0.2) is 25.7 Å². The minimum atomic E-state index is 0. The predicted octanol–water partition coefficient (Wildman–Crippen LogP) is 2.28. The molecule has 0 atom stereocenters. The number of hydrogen-bond acceptors (Lipinski definition) is 3. The lowest BCUT2D eigenvalue weighted by atomic mass is 10.2. The second kappa shape index (κ2) is 8.18. The number of benzene rings is 1. The fourth-order valence-electron chi connectivity index (χ4n) is 1.75. The third kappa shape index (κ3) is 5.07. The molecule has 0 spiro atoms. The second-order valence-electron chi connectivity index (χ2n) is 4.54. The first-order valence-corrected chi connectivity index (χ1v) is 6.59. The van der Waals surface area contributed by atoms with Crippen LogP contribution in [0, 0.1) is 0 Å². The number of ether oxygens (including phenoxy) is 2. The Kier molecular flexibility index (Phi) is 6.90. The third-order valence-electron chi connectivity index (χ3n) is 2.89. The number of halogens is 1. The quantitative estimate of drug-likeness (QED) is 0.444. The summed E-state index contributed by atoms with van der Waals surface area (Å²) in [4.78, 5) is 4.32. The van der Waals surface area contributed by atoms with E-state index in [2.05, 4.69) is 10.3 Å². The molecule has 1 aromatic rings. The first kappa shape index (κ1) is 16.9. The van der Waals surface area contributed by atoms with Crippen LogP contribution in [0.3, 0.4) is 0 Å². The molecule has 1 fully saturated rings. The molecule has 20 heavy (non-hydrogen) atoms. The summed E-state index contributed by atoms with van der Waals surface area (Å²) < 4.78 is 10.8. The van der Waals surface area contributed by atoms with Gasteiger partial charge in [0.1, 0.15) is 0 Å². The van der Waals surface area contributed by atoms with Crippen molar-refractivity contribution in [1.82, 2.24) is 5.32 Å². The number of rotatable bonds is 6. The van der Waals surface area contributed by atoms with Crippen LogP contribution in [0.15, 0.2) is 23.2 Å². The molecule has 0 aliphatic heterocycles. The molecule has 0 radical (unpaired) electrons. The van der Waals surface area contributed by atoms with Gasteiger partial charge in [0, 0.05) is 6.04 Å². The summed E-state index contributed by atoms with van der Waals surface area (Å²) in [5.74, 6) is 1.99. The van der Waals surface area contributed by atoms with E-state index in [1.54, 1.807) is 7.11 Å². The predicted molar refractivity (Wildman–Crippen MR) is 91.1 cm³/mol. The molecule has 0 heterocycles. The number of nitrogens with two attached hydrogens (primary N) is 1. The van der Waals surface area contributed by atoms with Gasteiger partial charge >= 0.3 is 0 Å². The van der Waals surface area contributed by atoms with Gasteiger partial charge in [-0.2, -0.15) is 0 Å². The molecule has 0 amide bonds. The van der Waals surface area contributed by atoms with Gasteiger partial charge in [0.2, 0.25) is 0 Å². The van der Waals surface area contributed by atoms with E-state index >= 15 is 0 Å². The van der Waals surface area contributed by atoms with Crippen molar-refractivity contribution in [3.05, 3.63) is 23.8 Å². The minimum absolute atomic E-state index is 0. The Bertz CT molecular complexity index is 462. The van der Waals surface area contributed by atoms with E-state index in [0.717, 1.165) is 17.1 Å². The van der Waals surface area contributed by atoms with Crippen LogP contribution < -0.4 is 20.5 Å². The lowest BCUT2D eigenvalue weighted by Gasteiger charge is -2.10. The van der Waals surface area contributed by atoms with E-state index in [1.165, 1.54) is 12.8 Å². The van der Waals surface area contributed by atoms with E-state index in [4.69, 9.17) is 15.2 Å². The molecule has 0 bridgehead atoms. The Morgan fingerprint density at radius 3 is 2.75 bits per heavy atom. The van der Waals surface area contributed by atoms with Crippen molar-refractivity contribution in [1.29, 1.82) is 0 Å². The normalized spacial score (nSPS) is 14.4. The fourth-order valence-corrected chi connectivity index (χ4v) is 1.75. The number of aliphatic imine (C=N–C) groups is 1. The van der Waals surface area contributed by atoms with Gasteiger partial charge in [-0.25, -0.2) is 4.99 Å². The summed E-state index contributed by atoms with van der Waals surface area (Å²) in [5.41, 5.74) is 6.84. The molecule has 0 saturated heterocycles. The van der Waals surface area contributed by atoms with Gasteiger partial charge in [0.25, 0.3) is 0 Å². The topological polar surface area (TPSA) is 68.9 Å².